The van der Waals surface area contributed by atoms with Gasteiger partial charge < -0.3 is 4.74 Å². The predicted molar refractivity (Wildman–Crippen MR) is 114 cm³/mol. The Hall–Kier alpha value is -2.43. The van der Waals surface area contributed by atoms with E-state index in [-0.39, 0.29) is 0 Å². The highest BCUT2D eigenvalue weighted by atomic mass is 16.5. The molecule has 4 heteroatoms. The Kier molecular flexibility index (Phi) is 5.60. The van der Waals surface area contributed by atoms with Crippen molar-refractivity contribution in [1.82, 2.24) is 14.7 Å². The summed E-state index contributed by atoms with van der Waals surface area (Å²) in [5.41, 5.74) is 7.18. The molecule has 0 spiro atoms. The molecule has 2 aromatic carbocycles. The van der Waals surface area contributed by atoms with Gasteiger partial charge >= 0.3 is 0 Å². The zero-order valence-corrected chi connectivity index (χ0v) is 17.1. The standard InChI is InChI=1S/C24H29N3O/c1-18-9-10-19(2)23(13-18)27-16-22(15-26-12-11-20(14-26)17-28-3)24(25-27)21-7-5-4-6-8-21/h4-10,13,16,20H,11-12,14-15,17H2,1-3H3/t20-/m1/s1. The van der Waals surface area contributed by atoms with Crippen molar-refractivity contribution in [2.45, 2.75) is 26.8 Å². The SMILES string of the molecule is COC[C@@H]1CCN(Cc2cn(-c3cc(C)ccc3C)nc2-c2ccccc2)C1. The molecule has 0 amide bonds. The molecule has 0 bridgehead atoms. The minimum atomic E-state index is 0.638. The van der Waals surface area contributed by atoms with Gasteiger partial charge in [0.1, 0.15) is 0 Å². The van der Waals surface area contributed by atoms with Gasteiger partial charge in [-0.25, -0.2) is 4.68 Å². The normalized spacial score (nSPS) is 17.3. The minimum absolute atomic E-state index is 0.638. The van der Waals surface area contributed by atoms with E-state index in [0.29, 0.717) is 5.92 Å². The van der Waals surface area contributed by atoms with Crippen LogP contribution in [-0.2, 0) is 11.3 Å². The summed E-state index contributed by atoms with van der Waals surface area (Å²) in [4.78, 5) is 2.53. The first-order chi connectivity index (χ1) is 13.6. The Morgan fingerprint density at radius 2 is 1.93 bits per heavy atom. The number of hydrogen-bond acceptors (Lipinski definition) is 3. The Balaban J connectivity index is 1.68. The van der Waals surface area contributed by atoms with Crippen LogP contribution in [0, 0.1) is 19.8 Å². The largest absolute Gasteiger partial charge is 0.384 e. The molecule has 1 atom stereocenters. The molecule has 1 aliphatic rings. The highest BCUT2D eigenvalue weighted by Gasteiger charge is 2.24. The van der Waals surface area contributed by atoms with E-state index in [1.54, 1.807) is 7.11 Å². The third-order valence-corrected chi connectivity index (χ3v) is 5.61. The lowest BCUT2D eigenvalue weighted by atomic mass is 10.1. The van der Waals surface area contributed by atoms with Gasteiger partial charge in [0.05, 0.1) is 18.0 Å². The van der Waals surface area contributed by atoms with Crippen molar-refractivity contribution in [3.63, 3.8) is 0 Å². The van der Waals surface area contributed by atoms with Gasteiger partial charge in [-0.3, -0.25) is 4.90 Å². The quantitative estimate of drug-likeness (QED) is 0.629. The molecule has 0 radical (unpaired) electrons. The van der Waals surface area contributed by atoms with Gasteiger partial charge in [-0.2, -0.15) is 5.10 Å². The lowest BCUT2D eigenvalue weighted by Crippen LogP contribution is -2.21. The van der Waals surface area contributed by atoms with Crippen LogP contribution in [0.15, 0.2) is 54.7 Å². The van der Waals surface area contributed by atoms with E-state index in [2.05, 4.69) is 78.2 Å². The number of rotatable bonds is 6. The fourth-order valence-corrected chi connectivity index (χ4v) is 4.12. The number of benzene rings is 2. The Bertz CT molecular complexity index is 932. The van der Waals surface area contributed by atoms with Gasteiger partial charge in [-0.15, -0.1) is 0 Å². The van der Waals surface area contributed by atoms with E-state index in [1.807, 2.05) is 0 Å². The number of aromatic nitrogens is 2. The molecule has 146 valence electrons. The van der Waals surface area contributed by atoms with Crippen molar-refractivity contribution >= 4 is 0 Å². The molecule has 0 N–H and O–H groups in total. The maximum atomic E-state index is 5.36. The second-order valence-electron chi connectivity index (χ2n) is 7.95. The number of likely N-dealkylation sites (tertiary alicyclic amines) is 1. The molecular formula is C24H29N3O. The maximum Gasteiger partial charge on any atom is 0.0972 e. The zero-order chi connectivity index (χ0) is 19.5. The van der Waals surface area contributed by atoms with Crippen molar-refractivity contribution in [2.24, 2.45) is 5.92 Å². The molecule has 1 aromatic heterocycles. The summed E-state index contributed by atoms with van der Waals surface area (Å²) in [5, 5.41) is 5.02. The van der Waals surface area contributed by atoms with Crippen molar-refractivity contribution in [1.29, 1.82) is 0 Å². The molecule has 0 saturated carbocycles. The number of hydrogen-bond donors (Lipinski definition) is 0. The topological polar surface area (TPSA) is 30.3 Å². The summed E-state index contributed by atoms with van der Waals surface area (Å²) < 4.78 is 7.42. The Morgan fingerprint density at radius 3 is 2.71 bits per heavy atom. The van der Waals surface area contributed by atoms with Crippen molar-refractivity contribution in [3.8, 4) is 16.9 Å². The highest BCUT2D eigenvalue weighted by molar-refractivity contribution is 5.63. The summed E-state index contributed by atoms with van der Waals surface area (Å²) in [6, 6.07) is 17.1. The zero-order valence-electron chi connectivity index (χ0n) is 17.1. The monoisotopic (exact) mass is 375 g/mol. The summed E-state index contributed by atoms with van der Waals surface area (Å²) in [6.07, 6.45) is 3.42. The van der Waals surface area contributed by atoms with E-state index in [1.165, 1.54) is 28.7 Å². The molecule has 1 fully saturated rings. The maximum absolute atomic E-state index is 5.36. The van der Waals surface area contributed by atoms with E-state index >= 15 is 0 Å². The van der Waals surface area contributed by atoms with Crippen LogP contribution in [-0.4, -0.2) is 41.5 Å². The summed E-state index contributed by atoms with van der Waals surface area (Å²) in [6.45, 7) is 8.27. The van der Waals surface area contributed by atoms with Crippen LogP contribution < -0.4 is 0 Å². The second-order valence-corrected chi connectivity index (χ2v) is 7.95. The van der Waals surface area contributed by atoms with Crippen LogP contribution >= 0.6 is 0 Å². The number of ether oxygens (including phenoxy) is 1. The average Bonchev–Trinajstić information content (AvgIpc) is 3.32. The molecule has 1 saturated heterocycles. The van der Waals surface area contributed by atoms with Crippen LogP contribution in [0.1, 0.15) is 23.1 Å². The fraction of sp³-hybridized carbons (Fsp3) is 0.375. The van der Waals surface area contributed by atoms with Crippen LogP contribution in [0.4, 0.5) is 0 Å². The smallest absolute Gasteiger partial charge is 0.0972 e. The number of methoxy groups -OCH3 is 1. The van der Waals surface area contributed by atoms with E-state index < -0.39 is 0 Å². The van der Waals surface area contributed by atoms with Gasteiger partial charge in [0.2, 0.25) is 0 Å². The minimum Gasteiger partial charge on any atom is -0.384 e. The fourth-order valence-electron chi connectivity index (χ4n) is 4.12. The molecule has 3 aromatic rings. The average molecular weight is 376 g/mol. The van der Waals surface area contributed by atoms with Gasteiger partial charge in [-0.1, -0.05) is 42.5 Å². The van der Waals surface area contributed by atoms with Gasteiger partial charge in [0, 0.05) is 37.5 Å². The lowest BCUT2D eigenvalue weighted by molar-refractivity contribution is 0.152. The summed E-state index contributed by atoms with van der Waals surface area (Å²) >= 11 is 0. The molecule has 2 heterocycles. The second kappa shape index (κ2) is 8.29. The van der Waals surface area contributed by atoms with Crippen molar-refractivity contribution < 1.29 is 4.74 Å². The van der Waals surface area contributed by atoms with Gasteiger partial charge in [0.15, 0.2) is 0 Å². The number of nitrogens with zero attached hydrogens (tertiary/aromatic N) is 3. The first-order valence-electron chi connectivity index (χ1n) is 10.1. The molecule has 0 aliphatic carbocycles. The van der Waals surface area contributed by atoms with Crippen molar-refractivity contribution in [2.75, 3.05) is 26.8 Å². The Labute approximate surface area is 167 Å². The van der Waals surface area contributed by atoms with Crippen LogP contribution in [0.25, 0.3) is 16.9 Å². The molecule has 1 aliphatic heterocycles. The number of aryl methyl sites for hydroxylation is 2. The van der Waals surface area contributed by atoms with E-state index in [9.17, 15) is 0 Å². The predicted octanol–water partition coefficient (Wildman–Crippen LogP) is 4.62. The Morgan fingerprint density at radius 1 is 1.11 bits per heavy atom. The lowest BCUT2D eigenvalue weighted by Gasteiger charge is -2.15. The molecule has 0 unspecified atom stereocenters. The van der Waals surface area contributed by atoms with Crippen LogP contribution in [0.2, 0.25) is 0 Å². The van der Waals surface area contributed by atoms with Crippen LogP contribution in [0.3, 0.4) is 0 Å². The van der Waals surface area contributed by atoms with Crippen molar-refractivity contribution in [3.05, 3.63) is 71.4 Å². The first kappa shape index (κ1) is 18.9. The summed E-state index contributed by atoms with van der Waals surface area (Å²) in [7, 11) is 1.80. The summed E-state index contributed by atoms with van der Waals surface area (Å²) in [5.74, 6) is 0.638. The molecular weight excluding hydrogens is 346 g/mol. The molecule has 4 nitrogen and oxygen atoms in total. The van der Waals surface area contributed by atoms with Crippen LogP contribution in [0.5, 0.6) is 0 Å². The highest BCUT2D eigenvalue weighted by Crippen LogP contribution is 2.28. The molecule has 4 rings (SSSR count). The van der Waals surface area contributed by atoms with Gasteiger partial charge in [0.25, 0.3) is 0 Å². The third-order valence-electron chi connectivity index (χ3n) is 5.61. The third kappa shape index (κ3) is 4.03. The van der Waals surface area contributed by atoms with Gasteiger partial charge in [-0.05, 0) is 49.9 Å². The van der Waals surface area contributed by atoms with E-state index in [4.69, 9.17) is 9.84 Å². The first-order valence-corrected chi connectivity index (χ1v) is 10.1. The molecule has 28 heavy (non-hydrogen) atoms. The van der Waals surface area contributed by atoms with E-state index in [0.717, 1.165) is 37.6 Å².